The maximum absolute atomic E-state index is 16.1. The van der Waals surface area contributed by atoms with Crippen LogP contribution in [0.25, 0.3) is 0 Å². The fourth-order valence-electron chi connectivity index (χ4n) is 3.99. The van der Waals surface area contributed by atoms with Gasteiger partial charge in [0.2, 0.25) is 5.97 Å². The summed E-state index contributed by atoms with van der Waals surface area (Å²) < 4.78 is 41.2. The van der Waals surface area contributed by atoms with Crippen LogP contribution in [0.2, 0.25) is 0 Å². The number of aliphatic imine (C=N–C) groups is 1. The predicted octanol–water partition coefficient (Wildman–Crippen LogP) is 2.53. The van der Waals surface area contributed by atoms with Gasteiger partial charge >= 0.3 is 0 Å². The molecule has 0 spiro atoms. The van der Waals surface area contributed by atoms with Gasteiger partial charge in [-0.3, -0.25) is 0 Å². The molecule has 3 aliphatic heterocycles. The first kappa shape index (κ1) is 16.0. The third kappa shape index (κ3) is 2.61. The Morgan fingerprint density at radius 3 is 2.45 bits per heavy atom. The van der Waals surface area contributed by atoms with Gasteiger partial charge in [0, 0.05) is 30.6 Å². The van der Waals surface area contributed by atoms with Crippen molar-refractivity contribution in [2.75, 3.05) is 26.4 Å². The summed E-state index contributed by atoms with van der Waals surface area (Å²) >= 11 is 0. The van der Waals surface area contributed by atoms with E-state index in [9.17, 15) is 4.39 Å². The number of alkyl halides is 1. The number of hydrogen-bond donors (Lipinski definition) is 1. The van der Waals surface area contributed by atoms with Gasteiger partial charge in [0.05, 0.1) is 13.2 Å². The van der Waals surface area contributed by atoms with Crippen molar-refractivity contribution in [1.82, 2.24) is 0 Å². The van der Waals surface area contributed by atoms with Gasteiger partial charge in [0.1, 0.15) is 6.17 Å². The highest BCUT2D eigenvalue weighted by molar-refractivity contribution is 5.94. The van der Waals surface area contributed by atoms with E-state index in [-0.39, 0.29) is 11.8 Å². The molecule has 2 saturated heterocycles. The highest BCUT2D eigenvalue weighted by Crippen LogP contribution is 2.47. The molecule has 3 heterocycles. The van der Waals surface area contributed by atoms with Crippen LogP contribution in [0.3, 0.4) is 0 Å². The van der Waals surface area contributed by atoms with Crippen LogP contribution in [0.15, 0.2) is 16.1 Å². The highest BCUT2D eigenvalue weighted by atomic mass is 19.1. The number of halogens is 2. The lowest BCUT2D eigenvalue weighted by Crippen LogP contribution is -2.56. The van der Waals surface area contributed by atoms with Crippen LogP contribution in [0.5, 0.6) is 0 Å². The van der Waals surface area contributed by atoms with Crippen LogP contribution in [0.1, 0.15) is 32.6 Å². The van der Waals surface area contributed by atoms with Crippen LogP contribution in [-0.2, 0) is 9.47 Å². The second-order valence-electron chi connectivity index (χ2n) is 6.50. The molecule has 2 N–H and O–H groups in total. The van der Waals surface area contributed by atoms with E-state index >= 15 is 4.39 Å². The Balaban J connectivity index is 2.00. The first-order chi connectivity index (χ1) is 10.5. The number of nitrogens with zero attached hydrogens (tertiary/aromatic N) is 1. The summed E-state index contributed by atoms with van der Waals surface area (Å²) in [6.45, 7) is 3.66. The number of nitrogens with two attached hydrogens (primary N) is 1. The minimum Gasteiger partial charge on any atom is -0.381 e. The van der Waals surface area contributed by atoms with E-state index in [1.54, 1.807) is 6.92 Å². The monoisotopic (exact) mass is 314 g/mol. The van der Waals surface area contributed by atoms with Crippen LogP contribution >= 0.6 is 0 Å². The third-order valence-electron chi connectivity index (χ3n) is 5.13. The van der Waals surface area contributed by atoms with Crippen molar-refractivity contribution in [2.45, 2.75) is 44.4 Å². The van der Waals surface area contributed by atoms with E-state index in [0.29, 0.717) is 44.0 Å². The molecule has 0 aromatic heterocycles. The first-order valence-corrected chi connectivity index (χ1v) is 8.10. The Morgan fingerprint density at radius 2 is 1.86 bits per heavy atom. The lowest BCUT2D eigenvalue weighted by molar-refractivity contribution is -0.0351. The molecule has 4 unspecified atom stereocenters. The number of hydrogen-bond acceptors (Lipinski definition) is 4. The predicted molar refractivity (Wildman–Crippen MR) is 80.1 cm³/mol. The van der Waals surface area contributed by atoms with Crippen LogP contribution in [-0.4, -0.2) is 44.2 Å². The van der Waals surface area contributed by atoms with Crippen molar-refractivity contribution in [2.24, 2.45) is 22.6 Å². The molecule has 0 radical (unpaired) electrons. The first-order valence-electron chi connectivity index (χ1n) is 8.10. The molecular formula is C16H24F2N2O2. The molecule has 0 bridgehead atoms. The maximum atomic E-state index is 16.1. The standard InChI is InChI=1S/C16H24F2N2O2/c1-10-13(11-4-2-6-21-8-11)16(18,15(19)20-14(10)17)12-5-3-7-22-9-12/h11-12,15H,2-9,19H2,1H3. The van der Waals surface area contributed by atoms with Crippen molar-refractivity contribution in [1.29, 1.82) is 0 Å². The number of dihydropyridines is 1. The number of allylic oxidation sites excluding steroid dienone is 1. The Labute approximate surface area is 129 Å². The molecule has 22 heavy (non-hydrogen) atoms. The Hall–Kier alpha value is -0.850. The summed E-state index contributed by atoms with van der Waals surface area (Å²) in [5, 5.41) is 0. The van der Waals surface area contributed by atoms with E-state index in [2.05, 4.69) is 4.99 Å². The lowest BCUT2D eigenvalue weighted by Gasteiger charge is -2.45. The van der Waals surface area contributed by atoms with Crippen molar-refractivity contribution in [3.05, 3.63) is 11.1 Å². The van der Waals surface area contributed by atoms with E-state index in [4.69, 9.17) is 15.2 Å². The lowest BCUT2D eigenvalue weighted by atomic mass is 9.69. The van der Waals surface area contributed by atoms with E-state index < -0.39 is 17.8 Å². The molecule has 0 aliphatic carbocycles. The molecular weight excluding hydrogens is 290 g/mol. The van der Waals surface area contributed by atoms with Crippen molar-refractivity contribution < 1.29 is 18.3 Å². The Morgan fingerprint density at radius 1 is 1.18 bits per heavy atom. The summed E-state index contributed by atoms with van der Waals surface area (Å²) in [7, 11) is 0. The number of rotatable bonds is 2. The fraction of sp³-hybridized carbons (Fsp3) is 0.812. The summed E-state index contributed by atoms with van der Waals surface area (Å²) in [6, 6.07) is 0. The topological polar surface area (TPSA) is 56.8 Å². The second kappa shape index (κ2) is 6.34. The van der Waals surface area contributed by atoms with Gasteiger partial charge in [-0.15, -0.1) is 0 Å². The molecule has 4 nitrogen and oxygen atoms in total. The summed E-state index contributed by atoms with van der Waals surface area (Å²) in [5.74, 6) is -1.15. The Kier molecular flexibility index (Phi) is 4.61. The molecule has 3 rings (SSSR count). The SMILES string of the molecule is CC1=C(C2CCCOC2)C(F)(C2CCCOC2)C(N)N=C1F. The molecule has 0 amide bonds. The largest absolute Gasteiger partial charge is 0.381 e. The Bertz CT molecular complexity index is 483. The fourth-order valence-corrected chi connectivity index (χ4v) is 3.99. The molecule has 0 aromatic carbocycles. The van der Waals surface area contributed by atoms with Crippen LogP contribution in [0, 0.1) is 11.8 Å². The highest BCUT2D eigenvalue weighted by Gasteiger charge is 2.53. The quantitative estimate of drug-likeness (QED) is 0.852. The molecule has 6 heteroatoms. The summed E-state index contributed by atoms with van der Waals surface area (Å²) in [4.78, 5) is 3.74. The average molecular weight is 314 g/mol. The molecule has 2 fully saturated rings. The van der Waals surface area contributed by atoms with E-state index in [0.717, 1.165) is 19.3 Å². The van der Waals surface area contributed by atoms with Crippen LogP contribution < -0.4 is 5.73 Å². The minimum atomic E-state index is -1.84. The zero-order valence-electron chi connectivity index (χ0n) is 13.0. The van der Waals surface area contributed by atoms with Gasteiger partial charge in [0.25, 0.3) is 0 Å². The van der Waals surface area contributed by atoms with Crippen molar-refractivity contribution >= 4 is 5.97 Å². The third-order valence-corrected chi connectivity index (χ3v) is 5.13. The molecule has 4 atom stereocenters. The van der Waals surface area contributed by atoms with Gasteiger partial charge in [0.15, 0.2) is 5.67 Å². The molecule has 3 aliphatic rings. The van der Waals surface area contributed by atoms with Crippen molar-refractivity contribution in [3.63, 3.8) is 0 Å². The van der Waals surface area contributed by atoms with Gasteiger partial charge in [-0.1, -0.05) is 0 Å². The van der Waals surface area contributed by atoms with E-state index in [1.165, 1.54) is 0 Å². The molecule has 124 valence electrons. The molecule has 0 saturated carbocycles. The van der Waals surface area contributed by atoms with Gasteiger partial charge in [-0.2, -0.15) is 4.39 Å². The summed E-state index contributed by atoms with van der Waals surface area (Å²) in [5.41, 5.74) is 4.88. The van der Waals surface area contributed by atoms with Crippen molar-refractivity contribution in [3.8, 4) is 0 Å². The average Bonchev–Trinajstić information content (AvgIpc) is 2.55. The van der Waals surface area contributed by atoms with Crippen LogP contribution in [0.4, 0.5) is 8.78 Å². The molecule has 0 aromatic rings. The smallest absolute Gasteiger partial charge is 0.213 e. The number of ether oxygens (including phenoxy) is 2. The maximum Gasteiger partial charge on any atom is 0.213 e. The van der Waals surface area contributed by atoms with Gasteiger partial charge < -0.3 is 15.2 Å². The normalized spacial score (nSPS) is 40.5. The van der Waals surface area contributed by atoms with E-state index in [1.807, 2.05) is 0 Å². The van der Waals surface area contributed by atoms with Gasteiger partial charge in [-0.05, 0) is 38.2 Å². The zero-order valence-corrected chi connectivity index (χ0v) is 13.0. The van der Waals surface area contributed by atoms with Gasteiger partial charge in [-0.25, -0.2) is 9.38 Å². The zero-order chi connectivity index (χ0) is 15.7. The summed E-state index contributed by atoms with van der Waals surface area (Å²) in [6.07, 6.45) is 1.92. The second-order valence-corrected chi connectivity index (χ2v) is 6.50. The minimum absolute atomic E-state index is 0.132.